The molecule has 0 spiro atoms. The summed E-state index contributed by atoms with van der Waals surface area (Å²) in [5.41, 5.74) is 0.289. The first-order chi connectivity index (χ1) is 8.90. The first-order valence-corrected chi connectivity index (χ1v) is 6.32. The van der Waals surface area contributed by atoms with Crippen molar-refractivity contribution in [2.24, 2.45) is 5.92 Å². The maximum atomic E-state index is 13.8. The van der Waals surface area contributed by atoms with Gasteiger partial charge in [0.25, 0.3) is 0 Å². The Kier molecular flexibility index (Phi) is 3.85. The van der Waals surface area contributed by atoms with Crippen molar-refractivity contribution in [3.8, 4) is 0 Å². The number of nitrogens with zero attached hydrogens (tertiary/aromatic N) is 1. The maximum absolute atomic E-state index is 13.8. The van der Waals surface area contributed by atoms with Crippen LogP contribution in [-0.4, -0.2) is 35.1 Å². The van der Waals surface area contributed by atoms with Crippen molar-refractivity contribution in [2.75, 3.05) is 13.1 Å². The smallest absolute Gasteiger partial charge is 0.308 e. The van der Waals surface area contributed by atoms with Gasteiger partial charge >= 0.3 is 5.97 Å². The van der Waals surface area contributed by atoms with Gasteiger partial charge in [0.05, 0.1) is 5.92 Å². The van der Waals surface area contributed by atoms with Gasteiger partial charge in [0, 0.05) is 31.1 Å². The molecular weight excluding hydrogens is 252 g/mol. The number of rotatable bonds is 3. The highest BCUT2D eigenvalue weighted by atomic mass is 19.1. The van der Waals surface area contributed by atoms with Crippen LogP contribution in [0, 0.1) is 17.6 Å². The summed E-state index contributed by atoms with van der Waals surface area (Å²) in [4.78, 5) is 13.3. The molecule has 0 bridgehead atoms. The minimum absolute atomic E-state index is 0.204. The van der Waals surface area contributed by atoms with Crippen LogP contribution in [0.15, 0.2) is 18.2 Å². The Morgan fingerprint density at radius 3 is 2.58 bits per heavy atom. The quantitative estimate of drug-likeness (QED) is 0.916. The van der Waals surface area contributed by atoms with Crippen LogP contribution >= 0.6 is 0 Å². The molecule has 19 heavy (non-hydrogen) atoms. The fraction of sp³-hybridized carbons (Fsp3) is 0.500. The van der Waals surface area contributed by atoms with Crippen LogP contribution in [0.2, 0.25) is 0 Å². The number of hydrogen-bond donors (Lipinski definition) is 1. The van der Waals surface area contributed by atoms with Gasteiger partial charge in [0.1, 0.15) is 11.6 Å². The van der Waals surface area contributed by atoms with Gasteiger partial charge in [-0.2, -0.15) is 0 Å². The Bertz CT molecular complexity index is 490. The van der Waals surface area contributed by atoms with E-state index in [1.165, 1.54) is 12.1 Å². The predicted octanol–water partition coefficient (Wildman–Crippen LogP) is 2.47. The van der Waals surface area contributed by atoms with Crippen molar-refractivity contribution in [2.45, 2.75) is 25.8 Å². The van der Waals surface area contributed by atoms with Crippen molar-refractivity contribution >= 4 is 5.97 Å². The molecule has 1 heterocycles. The lowest BCUT2D eigenvalue weighted by molar-refractivity contribution is -0.141. The van der Waals surface area contributed by atoms with E-state index < -0.39 is 29.4 Å². The summed E-state index contributed by atoms with van der Waals surface area (Å²) >= 11 is 0. The van der Waals surface area contributed by atoms with E-state index in [-0.39, 0.29) is 11.6 Å². The van der Waals surface area contributed by atoms with Gasteiger partial charge < -0.3 is 5.11 Å². The summed E-state index contributed by atoms with van der Waals surface area (Å²) in [5.74, 6) is -3.33. The molecular formula is C14H17F2NO2. The molecule has 0 radical (unpaired) electrons. The molecule has 0 aliphatic carbocycles. The minimum Gasteiger partial charge on any atom is -0.481 e. The molecule has 1 N–H and O–H groups in total. The third kappa shape index (κ3) is 2.76. The Labute approximate surface area is 110 Å². The summed E-state index contributed by atoms with van der Waals surface area (Å²) in [5, 5.41) is 9.27. The van der Waals surface area contributed by atoms with Gasteiger partial charge in [-0.05, 0) is 25.5 Å². The van der Waals surface area contributed by atoms with Gasteiger partial charge in [0.2, 0.25) is 0 Å². The lowest BCUT2D eigenvalue weighted by Gasteiger charge is -2.20. The standard InChI is InChI=1S/C14H17F2NO2/c1-8(2)17-6-11(12(7-17)14(18)19)10-4-3-9(15)5-13(10)16/h3-5,8,11-12H,6-7H2,1-2H3,(H,18,19). The Balaban J connectivity index is 2.33. The first-order valence-electron chi connectivity index (χ1n) is 6.32. The number of benzene rings is 1. The molecule has 104 valence electrons. The van der Waals surface area contributed by atoms with Crippen molar-refractivity contribution in [3.05, 3.63) is 35.4 Å². The summed E-state index contributed by atoms with van der Waals surface area (Å²) in [7, 11) is 0. The van der Waals surface area contributed by atoms with Crippen molar-refractivity contribution in [3.63, 3.8) is 0 Å². The highest BCUT2D eigenvalue weighted by Gasteiger charge is 2.40. The second-order valence-electron chi connectivity index (χ2n) is 5.26. The van der Waals surface area contributed by atoms with E-state index >= 15 is 0 Å². The van der Waals surface area contributed by atoms with Crippen molar-refractivity contribution in [1.82, 2.24) is 4.90 Å². The summed E-state index contributed by atoms with van der Waals surface area (Å²) in [6, 6.07) is 3.55. The molecule has 2 unspecified atom stereocenters. The minimum atomic E-state index is -0.933. The molecule has 3 nitrogen and oxygen atoms in total. The second kappa shape index (κ2) is 5.25. The number of hydrogen-bond acceptors (Lipinski definition) is 2. The van der Waals surface area contributed by atoms with Gasteiger partial charge in [0.15, 0.2) is 0 Å². The zero-order valence-electron chi connectivity index (χ0n) is 10.9. The second-order valence-corrected chi connectivity index (χ2v) is 5.26. The van der Waals surface area contributed by atoms with Crippen molar-refractivity contribution < 1.29 is 18.7 Å². The van der Waals surface area contributed by atoms with E-state index in [4.69, 9.17) is 0 Å². The van der Waals surface area contributed by atoms with Gasteiger partial charge in [-0.25, -0.2) is 8.78 Å². The molecule has 1 saturated heterocycles. The van der Waals surface area contributed by atoms with Crippen LogP contribution in [-0.2, 0) is 4.79 Å². The summed E-state index contributed by atoms with van der Waals surface area (Å²) < 4.78 is 26.7. The SMILES string of the molecule is CC(C)N1CC(C(=O)O)C(c2ccc(F)cc2F)C1. The molecule has 2 rings (SSSR count). The average molecular weight is 269 g/mol. The highest BCUT2D eigenvalue weighted by molar-refractivity contribution is 5.72. The molecule has 0 amide bonds. The van der Waals surface area contributed by atoms with E-state index in [9.17, 15) is 18.7 Å². The first kappa shape index (κ1) is 13.9. The third-order valence-electron chi connectivity index (χ3n) is 3.76. The molecule has 1 aliphatic rings. The number of likely N-dealkylation sites (tertiary alicyclic amines) is 1. The van der Waals surface area contributed by atoms with Crippen LogP contribution < -0.4 is 0 Å². The summed E-state index contributed by atoms with van der Waals surface area (Å²) in [6.45, 7) is 4.83. The lowest BCUT2D eigenvalue weighted by atomic mass is 9.88. The molecule has 1 aromatic carbocycles. The normalized spacial score (nSPS) is 24.1. The number of carboxylic acids is 1. The molecule has 2 atom stereocenters. The molecule has 0 aromatic heterocycles. The van der Waals surface area contributed by atoms with Crippen LogP contribution in [0.3, 0.4) is 0 Å². The zero-order chi connectivity index (χ0) is 14.2. The molecule has 0 saturated carbocycles. The van der Waals surface area contributed by atoms with E-state index in [1.54, 1.807) is 0 Å². The molecule has 5 heteroatoms. The van der Waals surface area contributed by atoms with Gasteiger partial charge in [-0.3, -0.25) is 9.69 Å². The van der Waals surface area contributed by atoms with Gasteiger partial charge in [-0.1, -0.05) is 6.07 Å². The molecule has 1 fully saturated rings. The van der Waals surface area contributed by atoms with Crippen molar-refractivity contribution in [1.29, 1.82) is 0 Å². The molecule has 1 aromatic rings. The van der Waals surface area contributed by atoms with Crippen LogP contribution in [0.5, 0.6) is 0 Å². The van der Waals surface area contributed by atoms with Crippen LogP contribution in [0.1, 0.15) is 25.3 Å². The monoisotopic (exact) mass is 269 g/mol. The van der Waals surface area contributed by atoms with Crippen LogP contribution in [0.25, 0.3) is 0 Å². The predicted molar refractivity (Wildman–Crippen MR) is 66.9 cm³/mol. The lowest BCUT2D eigenvalue weighted by Crippen LogP contribution is -2.29. The van der Waals surface area contributed by atoms with E-state index in [1.807, 2.05) is 18.7 Å². The van der Waals surface area contributed by atoms with E-state index in [0.29, 0.717) is 13.1 Å². The third-order valence-corrected chi connectivity index (χ3v) is 3.76. The van der Waals surface area contributed by atoms with Gasteiger partial charge in [-0.15, -0.1) is 0 Å². The zero-order valence-corrected chi connectivity index (χ0v) is 10.9. The largest absolute Gasteiger partial charge is 0.481 e. The Morgan fingerprint density at radius 1 is 1.37 bits per heavy atom. The number of aliphatic carboxylic acids is 1. The fourth-order valence-electron chi connectivity index (χ4n) is 2.62. The Morgan fingerprint density at radius 2 is 2.05 bits per heavy atom. The number of carboxylic acid groups (broad SMARTS) is 1. The molecule has 1 aliphatic heterocycles. The summed E-state index contributed by atoms with van der Waals surface area (Å²) in [6.07, 6.45) is 0. The number of halogens is 2. The fourth-order valence-corrected chi connectivity index (χ4v) is 2.62. The maximum Gasteiger partial charge on any atom is 0.308 e. The van der Waals surface area contributed by atoms with Crippen LogP contribution in [0.4, 0.5) is 8.78 Å². The Hall–Kier alpha value is -1.49. The van der Waals surface area contributed by atoms with E-state index in [2.05, 4.69) is 0 Å². The topological polar surface area (TPSA) is 40.5 Å². The average Bonchev–Trinajstić information content (AvgIpc) is 2.73. The number of carbonyl (C=O) groups is 1. The van der Waals surface area contributed by atoms with E-state index in [0.717, 1.165) is 6.07 Å². The highest BCUT2D eigenvalue weighted by Crippen LogP contribution is 2.35.